The Hall–Kier alpha value is -2.90. The highest BCUT2D eigenvalue weighted by Gasteiger charge is 2.11. The molecule has 3 N–H and O–H groups in total. The molecule has 0 aliphatic carbocycles. The van der Waals surface area contributed by atoms with Crippen molar-refractivity contribution in [3.05, 3.63) is 53.8 Å². The van der Waals surface area contributed by atoms with Gasteiger partial charge in [-0.1, -0.05) is 18.2 Å². The Labute approximate surface area is 162 Å². The first-order valence-electron chi connectivity index (χ1n) is 9.38. The number of aromatic hydroxyl groups is 1. The second-order valence-electron chi connectivity index (χ2n) is 6.74. The van der Waals surface area contributed by atoms with Crippen LogP contribution in [0.1, 0.15) is 5.56 Å². The molecule has 7 heteroatoms. The van der Waals surface area contributed by atoms with Crippen molar-refractivity contribution in [2.45, 2.75) is 0 Å². The molecule has 2 heterocycles. The minimum atomic E-state index is -0.347. The summed E-state index contributed by atoms with van der Waals surface area (Å²) in [4.78, 5) is 9.52. The summed E-state index contributed by atoms with van der Waals surface area (Å²) in [6, 6.07) is 12.4. The highest BCUT2D eigenvalue weighted by molar-refractivity contribution is 6.02. The minimum absolute atomic E-state index is 0.0480. The Morgan fingerprint density at radius 1 is 1.21 bits per heavy atom. The van der Waals surface area contributed by atoms with Crippen molar-refractivity contribution in [1.29, 1.82) is 0 Å². The molecule has 3 aromatic rings. The Morgan fingerprint density at radius 3 is 2.86 bits per heavy atom. The number of benzene rings is 2. The summed E-state index contributed by atoms with van der Waals surface area (Å²) in [5.41, 5.74) is 2.36. The molecule has 28 heavy (non-hydrogen) atoms. The van der Waals surface area contributed by atoms with Gasteiger partial charge in [-0.15, -0.1) is 0 Å². The standard InChI is InChI=1S/C21H23FN4O2/c22-18-13-15(5-6-20(18)23-7-8-26-9-11-28-12-10-26)24-14-17-16-3-1-2-4-19(16)25-21(17)27/h1-6,13-14,23,25,27H,7-12H2. The van der Waals surface area contributed by atoms with Gasteiger partial charge in [-0.2, -0.15) is 0 Å². The quantitative estimate of drug-likeness (QED) is 0.571. The third-order valence-corrected chi connectivity index (χ3v) is 4.87. The van der Waals surface area contributed by atoms with Gasteiger partial charge >= 0.3 is 0 Å². The van der Waals surface area contributed by atoms with E-state index in [-0.39, 0.29) is 11.7 Å². The number of para-hydroxylation sites is 1. The van der Waals surface area contributed by atoms with Crippen LogP contribution >= 0.6 is 0 Å². The Balaban J connectivity index is 1.41. The molecule has 0 amide bonds. The number of ether oxygens (including phenoxy) is 1. The van der Waals surface area contributed by atoms with Crippen LogP contribution in [0.5, 0.6) is 5.88 Å². The highest BCUT2D eigenvalue weighted by atomic mass is 19.1. The van der Waals surface area contributed by atoms with Crippen LogP contribution in [0, 0.1) is 5.82 Å². The summed E-state index contributed by atoms with van der Waals surface area (Å²) >= 11 is 0. The van der Waals surface area contributed by atoms with Crippen molar-refractivity contribution >= 4 is 28.5 Å². The Bertz CT molecular complexity index is 980. The predicted octanol–water partition coefficient (Wildman–Crippen LogP) is 3.51. The molecule has 0 saturated carbocycles. The molecule has 1 fully saturated rings. The van der Waals surface area contributed by atoms with Gasteiger partial charge in [0.05, 0.1) is 30.2 Å². The summed E-state index contributed by atoms with van der Waals surface area (Å²) in [7, 11) is 0. The van der Waals surface area contributed by atoms with Crippen molar-refractivity contribution in [2.24, 2.45) is 4.99 Å². The molecule has 4 rings (SSSR count). The molecule has 0 radical (unpaired) electrons. The third-order valence-electron chi connectivity index (χ3n) is 4.87. The van der Waals surface area contributed by atoms with E-state index in [0.29, 0.717) is 23.5 Å². The number of halogens is 1. The number of nitrogens with one attached hydrogen (secondary N) is 2. The summed E-state index contributed by atoms with van der Waals surface area (Å²) in [5, 5.41) is 14.1. The molecular formula is C21H23FN4O2. The van der Waals surface area contributed by atoms with Gasteiger partial charge in [-0.05, 0) is 18.2 Å². The van der Waals surface area contributed by atoms with E-state index in [0.717, 1.165) is 43.8 Å². The molecule has 2 aromatic carbocycles. The highest BCUT2D eigenvalue weighted by Crippen LogP contribution is 2.27. The van der Waals surface area contributed by atoms with Gasteiger partial charge < -0.3 is 20.1 Å². The molecule has 1 saturated heterocycles. The van der Waals surface area contributed by atoms with Gasteiger partial charge in [0.2, 0.25) is 0 Å². The first kappa shape index (κ1) is 18.5. The zero-order chi connectivity index (χ0) is 19.3. The van der Waals surface area contributed by atoms with Crippen LogP contribution in [-0.4, -0.2) is 60.6 Å². The normalized spacial score (nSPS) is 15.5. The Morgan fingerprint density at radius 2 is 2.04 bits per heavy atom. The van der Waals surface area contributed by atoms with Crippen LogP contribution in [-0.2, 0) is 4.74 Å². The lowest BCUT2D eigenvalue weighted by atomic mass is 10.2. The number of rotatable bonds is 6. The molecule has 6 nitrogen and oxygen atoms in total. The van der Waals surface area contributed by atoms with Crippen LogP contribution < -0.4 is 5.32 Å². The maximum atomic E-state index is 14.4. The van der Waals surface area contributed by atoms with E-state index in [9.17, 15) is 9.50 Å². The number of aromatic amines is 1. The topological polar surface area (TPSA) is 72.9 Å². The van der Waals surface area contributed by atoms with Gasteiger partial charge in [-0.25, -0.2) is 4.39 Å². The zero-order valence-electron chi connectivity index (χ0n) is 15.5. The number of anilines is 1. The third kappa shape index (κ3) is 4.16. The fraction of sp³-hybridized carbons (Fsp3) is 0.286. The number of H-pyrrole nitrogens is 1. The smallest absolute Gasteiger partial charge is 0.198 e. The molecule has 0 spiro atoms. The van der Waals surface area contributed by atoms with E-state index in [4.69, 9.17) is 4.74 Å². The van der Waals surface area contributed by atoms with E-state index in [2.05, 4.69) is 20.2 Å². The molecular weight excluding hydrogens is 359 g/mol. The van der Waals surface area contributed by atoms with E-state index < -0.39 is 0 Å². The van der Waals surface area contributed by atoms with Gasteiger partial charge in [0.15, 0.2) is 5.88 Å². The van der Waals surface area contributed by atoms with Crippen LogP contribution in [0.15, 0.2) is 47.5 Å². The average molecular weight is 382 g/mol. The SMILES string of the molecule is Oc1[nH]c2ccccc2c1C=Nc1ccc(NCCN2CCOCC2)c(F)c1. The average Bonchev–Trinajstić information content (AvgIpc) is 3.04. The maximum absolute atomic E-state index is 14.4. The molecule has 146 valence electrons. The van der Waals surface area contributed by atoms with Gasteiger partial charge in [0.25, 0.3) is 0 Å². The lowest BCUT2D eigenvalue weighted by Crippen LogP contribution is -2.39. The van der Waals surface area contributed by atoms with Gasteiger partial charge in [-0.3, -0.25) is 9.89 Å². The van der Waals surface area contributed by atoms with Gasteiger partial charge in [0, 0.05) is 49.4 Å². The first-order chi connectivity index (χ1) is 13.7. The molecule has 1 aromatic heterocycles. The molecule has 1 aliphatic heterocycles. The second-order valence-corrected chi connectivity index (χ2v) is 6.74. The van der Waals surface area contributed by atoms with Crippen molar-refractivity contribution in [3.63, 3.8) is 0 Å². The molecule has 0 unspecified atom stereocenters. The maximum Gasteiger partial charge on any atom is 0.198 e. The summed E-state index contributed by atoms with van der Waals surface area (Å²) < 4.78 is 19.7. The second kappa shape index (κ2) is 8.41. The lowest BCUT2D eigenvalue weighted by Gasteiger charge is -2.26. The van der Waals surface area contributed by atoms with Crippen molar-refractivity contribution < 1.29 is 14.2 Å². The van der Waals surface area contributed by atoms with Crippen molar-refractivity contribution in [2.75, 3.05) is 44.7 Å². The molecule has 1 aliphatic rings. The van der Waals surface area contributed by atoms with Crippen LogP contribution in [0.4, 0.5) is 15.8 Å². The van der Waals surface area contributed by atoms with E-state index >= 15 is 0 Å². The number of aromatic nitrogens is 1. The van der Waals surface area contributed by atoms with Crippen molar-refractivity contribution in [3.8, 4) is 5.88 Å². The number of fused-ring (bicyclic) bond motifs is 1. The van der Waals surface area contributed by atoms with E-state index in [1.54, 1.807) is 18.3 Å². The number of nitrogens with zero attached hydrogens (tertiary/aromatic N) is 2. The number of aliphatic imine (C=N–C) groups is 1. The number of hydrogen-bond donors (Lipinski definition) is 3. The van der Waals surface area contributed by atoms with E-state index in [1.165, 1.54) is 6.07 Å². The van der Waals surface area contributed by atoms with Gasteiger partial charge in [0.1, 0.15) is 5.82 Å². The molecule has 0 bridgehead atoms. The largest absolute Gasteiger partial charge is 0.494 e. The Kier molecular flexibility index (Phi) is 5.55. The lowest BCUT2D eigenvalue weighted by molar-refractivity contribution is 0.0398. The van der Waals surface area contributed by atoms with Crippen LogP contribution in [0.2, 0.25) is 0 Å². The predicted molar refractivity (Wildman–Crippen MR) is 109 cm³/mol. The fourth-order valence-electron chi connectivity index (χ4n) is 3.32. The number of hydrogen-bond acceptors (Lipinski definition) is 5. The van der Waals surface area contributed by atoms with Crippen molar-refractivity contribution in [1.82, 2.24) is 9.88 Å². The molecule has 0 atom stereocenters. The fourth-order valence-corrected chi connectivity index (χ4v) is 3.32. The monoisotopic (exact) mass is 382 g/mol. The minimum Gasteiger partial charge on any atom is -0.494 e. The summed E-state index contributed by atoms with van der Waals surface area (Å²) in [6.45, 7) is 4.86. The van der Waals surface area contributed by atoms with E-state index in [1.807, 2.05) is 24.3 Å². The summed E-state index contributed by atoms with van der Waals surface area (Å²) in [6.07, 6.45) is 1.55. The number of morpholine rings is 1. The van der Waals surface area contributed by atoms with Crippen LogP contribution in [0.25, 0.3) is 10.9 Å². The first-order valence-corrected chi connectivity index (χ1v) is 9.38. The zero-order valence-corrected chi connectivity index (χ0v) is 15.5. The summed E-state index contributed by atoms with van der Waals surface area (Å²) in [5.74, 6) is -0.299. The van der Waals surface area contributed by atoms with Crippen LogP contribution in [0.3, 0.4) is 0 Å².